The molecule has 2 heteroatoms. The molecule has 1 aromatic carbocycles. The summed E-state index contributed by atoms with van der Waals surface area (Å²) in [6.45, 7) is 1.01. The van der Waals surface area contributed by atoms with Crippen LogP contribution in [0.4, 0.5) is 5.69 Å². The van der Waals surface area contributed by atoms with Crippen molar-refractivity contribution in [2.24, 2.45) is 0 Å². The fourth-order valence-electron chi connectivity index (χ4n) is 1.40. The van der Waals surface area contributed by atoms with Gasteiger partial charge >= 0.3 is 0 Å². The van der Waals surface area contributed by atoms with Crippen molar-refractivity contribution >= 4 is 28.3 Å². The highest BCUT2D eigenvalue weighted by Gasteiger charge is 2.11. The quantitative estimate of drug-likeness (QED) is 0.635. The van der Waals surface area contributed by atoms with Crippen LogP contribution in [-0.2, 0) is 6.42 Å². The first kappa shape index (κ1) is 7.40. The Bertz CT molecular complexity index is 270. The van der Waals surface area contributed by atoms with Crippen LogP contribution in [0.2, 0.25) is 0 Å². The second kappa shape index (κ2) is 3.01. The van der Waals surface area contributed by atoms with Gasteiger partial charge in [0.1, 0.15) is 0 Å². The standard InChI is InChI=1S/C9H9IN/c10-8-5-1-3-7-4-2-6-11-9(7)8/h1,3,5H,2,4,6H2. The zero-order valence-corrected chi connectivity index (χ0v) is 8.34. The van der Waals surface area contributed by atoms with Crippen LogP contribution in [0.1, 0.15) is 12.0 Å². The number of nitrogens with zero attached hydrogens (tertiary/aromatic N) is 1. The van der Waals surface area contributed by atoms with Gasteiger partial charge in [-0.2, -0.15) is 0 Å². The predicted octanol–water partition coefficient (Wildman–Crippen LogP) is 2.47. The summed E-state index contributed by atoms with van der Waals surface area (Å²) in [6, 6.07) is 6.41. The van der Waals surface area contributed by atoms with E-state index in [1.54, 1.807) is 0 Å². The third-order valence-electron chi connectivity index (χ3n) is 1.94. The number of rotatable bonds is 0. The average Bonchev–Trinajstić information content (AvgIpc) is 2.06. The van der Waals surface area contributed by atoms with E-state index in [1.165, 1.54) is 27.7 Å². The minimum atomic E-state index is 1.01. The number of hydrogen-bond acceptors (Lipinski definition) is 0. The first-order chi connectivity index (χ1) is 5.38. The van der Waals surface area contributed by atoms with Gasteiger partial charge in [-0.3, -0.25) is 5.32 Å². The van der Waals surface area contributed by atoms with Gasteiger partial charge in [0.05, 0.1) is 5.69 Å². The Kier molecular flexibility index (Phi) is 2.02. The van der Waals surface area contributed by atoms with Gasteiger partial charge in [0, 0.05) is 10.1 Å². The van der Waals surface area contributed by atoms with E-state index < -0.39 is 0 Å². The van der Waals surface area contributed by atoms with E-state index in [0.717, 1.165) is 6.54 Å². The Morgan fingerprint density at radius 1 is 1.36 bits per heavy atom. The molecule has 0 aliphatic carbocycles. The van der Waals surface area contributed by atoms with Crippen molar-refractivity contribution in [2.75, 3.05) is 6.54 Å². The van der Waals surface area contributed by atoms with E-state index >= 15 is 0 Å². The third-order valence-corrected chi connectivity index (χ3v) is 2.81. The lowest BCUT2D eigenvalue weighted by atomic mass is 10.0. The van der Waals surface area contributed by atoms with Crippen molar-refractivity contribution in [3.63, 3.8) is 0 Å². The van der Waals surface area contributed by atoms with E-state index in [-0.39, 0.29) is 0 Å². The molecule has 0 N–H and O–H groups in total. The Labute approximate surface area is 80.3 Å². The molecule has 0 saturated heterocycles. The Morgan fingerprint density at radius 2 is 2.27 bits per heavy atom. The molecule has 1 nitrogen and oxygen atoms in total. The molecule has 0 fully saturated rings. The first-order valence-corrected chi connectivity index (χ1v) is 4.91. The summed E-state index contributed by atoms with van der Waals surface area (Å²) in [5, 5.41) is 4.49. The van der Waals surface area contributed by atoms with Gasteiger partial charge in [0.2, 0.25) is 0 Å². The zero-order chi connectivity index (χ0) is 7.68. The molecule has 0 bridgehead atoms. The largest absolute Gasteiger partial charge is 0.284 e. The van der Waals surface area contributed by atoms with E-state index in [9.17, 15) is 0 Å². The van der Waals surface area contributed by atoms with Crippen molar-refractivity contribution in [1.82, 2.24) is 5.32 Å². The molecule has 57 valence electrons. The van der Waals surface area contributed by atoms with Crippen LogP contribution in [0.3, 0.4) is 0 Å². The van der Waals surface area contributed by atoms with Crippen LogP contribution in [0.25, 0.3) is 0 Å². The van der Waals surface area contributed by atoms with E-state index in [1.807, 2.05) is 0 Å². The van der Waals surface area contributed by atoms with Crippen molar-refractivity contribution < 1.29 is 0 Å². The molecule has 0 unspecified atom stereocenters. The summed E-state index contributed by atoms with van der Waals surface area (Å²) >= 11 is 2.35. The number of para-hydroxylation sites is 1. The van der Waals surface area contributed by atoms with Gasteiger partial charge in [0.15, 0.2) is 0 Å². The maximum atomic E-state index is 4.49. The highest BCUT2D eigenvalue weighted by atomic mass is 127. The van der Waals surface area contributed by atoms with Gasteiger partial charge in [-0.1, -0.05) is 12.1 Å². The molecular weight excluding hydrogens is 249 g/mol. The summed E-state index contributed by atoms with van der Waals surface area (Å²) in [4.78, 5) is 0. The molecule has 1 aromatic rings. The molecule has 1 heterocycles. The van der Waals surface area contributed by atoms with Crippen molar-refractivity contribution in [1.29, 1.82) is 0 Å². The highest BCUT2D eigenvalue weighted by Crippen LogP contribution is 2.26. The number of hydrogen-bond donors (Lipinski definition) is 0. The molecule has 2 rings (SSSR count). The average molecular weight is 258 g/mol. The van der Waals surface area contributed by atoms with Crippen LogP contribution >= 0.6 is 22.6 Å². The molecule has 0 aromatic heterocycles. The SMILES string of the molecule is Ic1cccc2c1[N]CCC2. The lowest BCUT2D eigenvalue weighted by Crippen LogP contribution is -2.11. The number of aryl methyl sites for hydroxylation is 1. The van der Waals surface area contributed by atoms with Gasteiger partial charge < -0.3 is 0 Å². The summed E-state index contributed by atoms with van der Waals surface area (Å²) in [5.74, 6) is 0. The number of fused-ring (bicyclic) bond motifs is 1. The lowest BCUT2D eigenvalue weighted by Gasteiger charge is -2.16. The summed E-state index contributed by atoms with van der Waals surface area (Å²) in [5.41, 5.74) is 2.66. The monoisotopic (exact) mass is 258 g/mol. The second-order valence-corrected chi connectivity index (χ2v) is 3.90. The molecule has 0 atom stereocenters. The highest BCUT2D eigenvalue weighted by molar-refractivity contribution is 14.1. The first-order valence-electron chi connectivity index (χ1n) is 3.83. The molecule has 1 radical (unpaired) electrons. The molecule has 0 amide bonds. The molecule has 0 saturated carbocycles. The Morgan fingerprint density at radius 3 is 3.09 bits per heavy atom. The van der Waals surface area contributed by atoms with E-state index in [4.69, 9.17) is 0 Å². The molecule has 1 aliphatic rings. The van der Waals surface area contributed by atoms with Gasteiger partial charge in [-0.15, -0.1) is 0 Å². The smallest absolute Gasteiger partial charge is 0.0739 e. The summed E-state index contributed by atoms with van der Waals surface area (Å²) in [6.07, 6.45) is 2.42. The second-order valence-electron chi connectivity index (χ2n) is 2.73. The van der Waals surface area contributed by atoms with Crippen molar-refractivity contribution in [3.05, 3.63) is 27.3 Å². The lowest BCUT2D eigenvalue weighted by molar-refractivity contribution is 0.702. The minimum absolute atomic E-state index is 1.01. The predicted molar refractivity (Wildman–Crippen MR) is 54.1 cm³/mol. The minimum Gasteiger partial charge on any atom is -0.284 e. The molecule has 1 aliphatic heterocycles. The van der Waals surface area contributed by atoms with Crippen molar-refractivity contribution in [2.45, 2.75) is 12.8 Å². The maximum absolute atomic E-state index is 4.49. The van der Waals surface area contributed by atoms with E-state index in [0.29, 0.717) is 0 Å². The van der Waals surface area contributed by atoms with Crippen LogP contribution < -0.4 is 5.32 Å². The van der Waals surface area contributed by atoms with Crippen LogP contribution in [0, 0.1) is 3.57 Å². The Hall–Kier alpha value is -0.250. The van der Waals surface area contributed by atoms with Gasteiger partial charge in [0.25, 0.3) is 0 Å². The molecule has 11 heavy (non-hydrogen) atoms. The summed E-state index contributed by atoms with van der Waals surface area (Å²) < 4.78 is 1.29. The van der Waals surface area contributed by atoms with Gasteiger partial charge in [-0.05, 0) is 47.1 Å². The Balaban J connectivity index is 2.49. The maximum Gasteiger partial charge on any atom is 0.0739 e. The van der Waals surface area contributed by atoms with Crippen LogP contribution in [0.15, 0.2) is 18.2 Å². The van der Waals surface area contributed by atoms with E-state index in [2.05, 4.69) is 46.1 Å². The number of benzene rings is 1. The van der Waals surface area contributed by atoms with Crippen LogP contribution in [0.5, 0.6) is 0 Å². The van der Waals surface area contributed by atoms with Crippen molar-refractivity contribution in [3.8, 4) is 0 Å². The topological polar surface area (TPSA) is 14.1 Å². The summed E-state index contributed by atoms with van der Waals surface area (Å²) in [7, 11) is 0. The van der Waals surface area contributed by atoms with Crippen LogP contribution in [-0.4, -0.2) is 6.54 Å². The molecule has 0 spiro atoms. The number of halogens is 1. The fourth-order valence-corrected chi connectivity index (χ4v) is 2.12. The third kappa shape index (κ3) is 1.36. The van der Waals surface area contributed by atoms with Gasteiger partial charge in [-0.25, -0.2) is 0 Å². The normalized spacial score (nSPS) is 15.4. The zero-order valence-electron chi connectivity index (χ0n) is 6.18. The molecular formula is C9H9IN. The fraction of sp³-hybridized carbons (Fsp3) is 0.333.